The van der Waals surface area contributed by atoms with Crippen LogP contribution in [0.3, 0.4) is 0 Å². The van der Waals surface area contributed by atoms with Crippen molar-refractivity contribution in [1.82, 2.24) is 0 Å². The van der Waals surface area contributed by atoms with Crippen LogP contribution in [0.25, 0.3) is 5.57 Å². The molecular formula is C24H32. The second kappa shape index (κ2) is 7.30. The van der Waals surface area contributed by atoms with Gasteiger partial charge in [-0.3, -0.25) is 0 Å². The van der Waals surface area contributed by atoms with Crippen LogP contribution < -0.4 is 0 Å². The molecule has 3 aliphatic carbocycles. The van der Waals surface area contributed by atoms with Gasteiger partial charge in [0.15, 0.2) is 0 Å². The molecule has 4 rings (SSSR count). The van der Waals surface area contributed by atoms with Gasteiger partial charge < -0.3 is 0 Å². The van der Waals surface area contributed by atoms with Gasteiger partial charge in [-0.25, -0.2) is 0 Å². The van der Waals surface area contributed by atoms with Crippen molar-refractivity contribution >= 4 is 5.57 Å². The maximum atomic E-state index is 2.68. The summed E-state index contributed by atoms with van der Waals surface area (Å²) >= 11 is 0. The SMILES string of the molecule is C1=CC(C2CCCCC2)(C2CCCCC2)CC=C1c1ccccc1. The maximum absolute atomic E-state index is 2.68. The van der Waals surface area contributed by atoms with E-state index < -0.39 is 0 Å². The zero-order valence-corrected chi connectivity index (χ0v) is 15.1. The molecule has 0 bridgehead atoms. The number of benzene rings is 1. The molecular weight excluding hydrogens is 288 g/mol. The van der Waals surface area contributed by atoms with Gasteiger partial charge in [0.05, 0.1) is 0 Å². The van der Waals surface area contributed by atoms with Crippen molar-refractivity contribution in [3.63, 3.8) is 0 Å². The fourth-order valence-electron chi connectivity index (χ4n) is 5.73. The molecule has 0 atom stereocenters. The lowest BCUT2D eigenvalue weighted by Gasteiger charge is -2.48. The van der Waals surface area contributed by atoms with Crippen molar-refractivity contribution in [1.29, 1.82) is 0 Å². The van der Waals surface area contributed by atoms with Crippen LogP contribution in [-0.4, -0.2) is 0 Å². The number of hydrogen-bond acceptors (Lipinski definition) is 0. The molecule has 1 aromatic carbocycles. The molecule has 0 heteroatoms. The monoisotopic (exact) mass is 320 g/mol. The van der Waals surface area contributed by atoms with E-state index in [0.29, 0.717) is 5.41 Å². The highest BCUT2D eigenvalue weighted by atomic mass is 14.5. The van der Waals surface area contributed by atoms with Gasteiger partial charge in [-0.05, 0) is 60.5 Å². The molecule has 0 heterocycles. The first-order valence-corrected chi connectivity index (χ1v) is 10.3. The van der Waals surface area contributed by atoms with Gasteiger partial charge in [0.25, 0.3) is 0 Å². The van der Waals surface area contributed by atoms with Crippen LogP contribution in [0, 0.1) is 17.3 Å². The van der Waals surface area contributed by atoms with Crippen LogP contribution in [0.1, 0.15) is 76.2 Å². The lowest BCUT2D eigenvalue weighted by Crippen LogP contribution is -2.39. The fraction of sp³-hybridized carbons (Fsp3) is 0.583. The largest absolute Gasteiger partial charge is 0.0768 e. The molecule has 0 radical (unpaired) electrons. The fourth-order valence-corrected chi connectivity index (χ4v) is 5.73. The van der Waals surface area contributed by atoms with Crippen LogP contribution in [0.15, 0.2) is 48.6 Å². The Balaban J connectivity index is 1.60. The van der Waals surface area contributed by atoms with Gasteiger partial charge in [-0.2, -0.15) is 0 Å². The van der Waals surface area contributed by atoms with E-state index in [1.165, 1.54) is 81.8 Å². The molecule has 0 aromatic heterocycles. The molecule has 128 valence electrons. The molecule has 0 aliphatic heterocycles. The van der Waals surface area contributed by atoms with Crippen molar-refractivity contribution in [2.75, 3.05) is 0 Å². The summed E-state index contributed by atoms with van der Waals surface area (Å²) in [6.45, 7) is 0. The third-order valence-electron chi connectivity index (χ3n) is 7.09. The minimum Gasteiger partial charge on any atom is -0.0768 e. The molecule has 0 N–H and O–H groups in total. The Hall–Kier alpha value is -1.30. The zero-order valence-electron chi connectivity index (χ0n) is 15.1. The molecule has 0 nitrogen and oxygen atoms in total. The van der Waals surface area contributed by atoms with Gasteiger partial charge in [0.2, 0.25) is 0 Å². The smallest absolute Gasteiger partial charge is 0.00237 e. The van der Waals surface area contributed by atoms with Crippen LogP contribution in [0.5, 0.6) is 0 Å². The summed E-state index contributed by atoms with van der Waals surface area (Å²) in [5.41, 5.74) is 3.30. The first-order valence-electron chi connectivity index (χ1n) is 10.3. The highest BCUT2D eigenvalue weighted by Gasteiger charge is 2.43. The normalized spacial score (nSPS) is 25.4. The van der Waals surface area contributed by atoms with Gasteiger partial charge >= 0.3 is 0 Å². The standard InChI is InChI=1S/C24H32/c1-4-10-20(11-5-1)21-16-18-24(19-17-21,22-12-6-2-7-13-22)23-14-8-3-9-15-23/h1,4-5,10-11,16-18,22-23H,2-3,6-9,12-15,19H2. The van der Waals surface area contributed by atoms with Crippen molar-refractivity contribution in [2.24, 2.45) is 17.3 Å². The lowest BCUT2D eigenvalue weighted by molar-refractivity contribution is 0.0708. The zero-order chi connectivity index (χ0) is 16.2. The second-order valence-electron chi connectivity index (χ2n) is 8.35. The average Bonchev–Trinajstić information content (AvgIpc) is 2.70. The molecule has 0 unspecified atom stereocenters. The van der Waals surface area contributed by atoms with Crippen LogP contribution in [0.4, 0.5) is 0 Å². The minimum absolute atomic E-state index is 0.471. The summed E-state index contributed by atoms with van der Waals surface area (Å²) in [7, 11) is 0. The quantitative estimate of drug-likeness (QED) is 0.553. The Morgan fingerprint density at radius 1 is 0.708 bits per heavy atom. The predicted octanol–water partition coefficient (Wildman–Crippen LogP) is 7.18. The maximum Gasteiger partial charge on any atom is -0.00237 e. The van der Waals surface area contributed by atoms with E-state index in [9.17, 15) is 0 Å². The van der Waals surface area contributed by atoms with Crippen molar-refractivity contribution < 1.29 is 0 Å². The number of hydrogen-bond donors (Lipinski definition) is 0. The highest BCUT2D eigenvalue weighted by molar-refractivity contribution is 5.75. The predicted molar refractivity (Wildman–Crippen MR) is 104 cm³/mol. The van der Waals surface area contributed by atoms with Crippen molar-refractivity contribution in [2.45, 2.75) is 70.6 Å². The Bertz CT molecular complexity index is 562. The average molecular weight is 321 g/mol. The summed E-state index contributed by atoms with van der Waals surface area (Å²) in [6.07, 6.45) is 23.6. The van der Waals surface area contributed by atoms with Crippen LogP contribution in [0.2, 0.25) is 0 Å². The van der Waals surface area contributed by atoms with E-state index in [-0.39, 0.29) is 0 Å². The molecule has 3 aliphatic rings. The highest BCUT2D eigenvalue weighted by Crippen LogP contribution is 2.54. The number of rotatable bonds is 3. The third kappa shape index (κ3) is 3.13. The Morgan fingerprint density at radius 3 is 1.79 bits per heavy atom. The third-order valence-corrected chi connectivity index (χ3v) is 7.09. The Kier molecular flexibility index (Phi) is 4.92. The number of allylic oxidation sites excluding steroid dienone is 4. The second-order valence-corrected chi connectivity index (χ2v) is 8.35. The summed E-state index contributed by atoms with van der Waals surface area (Å²) < 4.78 is 0. The van der Waals surface area contributed by atoms with E-state index >= 15 is 0 Å². The van der Waals surface area contributed by atoms with E-state index in [4.69, 9.17) is 0 Å². The van der Waals surface area contributed by atoms with E-state index in [1.807, 2.05) is 0 Å². The molecule has 2 fully saturated rings. The summed E-state index contributed by atoms with van der Waals surface area (Å²) in [4.78, 5) is 0. The van der Waals surface area contributed by atoms with E-state index in [0.717, 1.165) is 11.8 Å². The summed E-state index contributed by atoms with van der Waals surface area (Å²) in [5.74, 6) is 1.86. The first kappa shape index (κ1) is 16.2. The molecule has 0 amide bonds. The van der Waals surface area contributed by atoms with Gasteiger partial charge in [-0.15, -0.1) is 0 Å². The topological polar surface area (TPSA) is 0 Å². The van der Waals surface area contributed by atoms with Gasteiger partial charge in [-0.1, -0.05) is 87.1 Å². The lowest BCUT2D eigenvalue weighted by atomic mass is 9.56. The van der Waals surface area contributed by atoms with E-state index in [1.54, 1.807) is 0 Å². The van der Waals surface area contributed by atoms with Crippen molar-refractivity contribution in [3.8, 4) is 0 Å². The Labute approximate surface area is 148 Å². The molecule has 1 aromatic rings. The van der Waals surface area contributed by atoms with Crippen molar-refractivity contribution in [3.05, 3.63) is 54.1 Å². The van der Waals surface area contributed by atoms with Gasteiger partial charge in [0, 0.05) is 0 Å². The minimum atomic E-state index is 0.471. The van der Waals surface area contributed by atoms with Crippen LogP contribution >= 0.6 is 0 Å². The molecule has 0 spiro atoms. The first-order chi connectivity index (χ1) is 11.9. The summed E-state index contributed by atoms with van der Waals surface area (Å²) in [5, 5.41) is 0. The van der Waals surface area contributed by atoms with Gasteiger partial charge in [0.1, 0.15) is 0 Å². The van der Waals surface area contributed by atoms with Crippen LogP contribution in [-0.2, 0) is 0 Å². The molecule has 0 saturated heterocycles. The van der Waals surface area contributed by atoms with E-state index in [2.05, 4.69) is 48.6 Å². The summed E-state index contributed by atoms with van der Waals surface area (Å²) in [6, 6.07) is 10.9. The Morgan fingerprint density at radius 2 is 1.29 bits per heavy atom. The molecule has 24 heavy (non-hydrogen) atoms. The molecule has 2 saturated carbocycles.